The molecule has 1 aromatic rings. The molecule has 0 saturated carbocycles. The molecule has 0 aromatic heterocycles. The monoisotopic (exact) mass is 384 g/mol. The van der Waals surface area contributed by atoms with Gasteiger partial charge in [0, 0.05) is 57.5 Å². The van der Waals surface area contributed by atoms with Gasteiger partial charge in [-0.25, -0.2) is 0 Å². The van der Waals surface area contributed by atoms with Crippen molar-refractivity contribution in [3.05, 3.63) is 28.2 Å². The van der Waals surface area contributed by atoms with Crippen LogP contribution in [0.1, 0.15) is 13.8 Å². The Morgan fingerprint density at radius 2 is 1.84 bits per heavy atom. The van der Waals surface area contributed by atoms with Gasteiger partial charge in [0.2, 0.25) is 5.91 Å². The van der Waals surface area contributed by atoms with Crippen LogP contribution in [-0.2, 0) is 4.79 Å². The highest BCUT2D eigenvalue weighted by Crippen LogP contribution is 2.27. The lowest BCUT2D eigenvalue weighted by Crippen LogP contribution is -2.61. The molecule has 1 aromatic carbocycles. The highest BCUT2D eigenvalue weighted by Gasteiger charge is 2.31. The average molecular weight is 385 g/mol. The van der Waals surface area contributed by atoms with E-state index in [2.05, 4.69) is 29.0 Å². The van der Waals surface area contributed by atoms with Crippen LogP contribution >= 0.6 is 23.2 Å². The molecule has 0 bridgehead atoms. The summed E-state index contributed by atoms with van der Waals surface area (Å²) in [6, 6.07) is 6.08. The first-order valence-electron chi connectivity index (χ1n) is 8.92. The van der Waals surface area contributed by atoms with E-state index in [0.717, 1.165) is 51.5 Å². The Morgan fingerprint density at radius 1 is 1.12 bits per heavy atom. The molecule has 1 unspecified atom stereocenters. The Balaban J connectivity index is 1.56. The third-order valence-electron chi connectivity index (χ3n) is 5.09. The zero-order valence-electron chi connectivity index (χ0n) is 14.8. The largest absolute Gasteiger partial charge is 0.368 e. The Morgan fingerprint density at radius 3 is 2.48 bits per heavy atom. The fraction of sp³-hybridized carbons (Fsp3) is 0.611. The fourth-order valence-corrected chi connectivity index (χ4v) is 3.79. The number of halogens is 2. The van der Waals surface area contributed by atoms with E-state index in [1.165, 1.54) is 0 Å². The van der Waals surface area contributed by atoms with Crippen LogP contribution in [0.15, 0.2) is 18.2 Å². The van der Waals surface area contributed by atoms with E-state index < -0.39 is 0 Å². The first-order chi connectivity index (χ1) is 12.0. The number of carbonyl (C=O) groups is 1. The van der Waals surface area contributed by atoms with Crippen LogP contribution in [0.3, 0.4) is 0 Å². The van der Waals surface area contributed by atoms with Gasteiger partial charge in [-0.1, -0.05) is 23.2 Å². The number of piperazine rings is 2. The lowest BCUT2D eigenvalue weighted by Gasteiger charge is -2.41. The van der Waals surface area contributed by atoms with Gasteiger partial charge in [0.1, 0.15) is 0 Å². The van der Waals surface area contributed by atoms with Gasteiger partial charge in [-0.15, -0.1) is 0 Å². The van der Waals surface area contributed by atoms with Crippen molar-refractivity contribution in [3.63, 3.8) is 0 Å². The predicted octanol–water partition coefficient (Wildman–Crippen LogP) is 2.32. The minimum atomic E-state index is -0.0901. The van der Waals surface area contributed by atoms with E-state index in [0.29, 0.717) is 16.1 Å². The molecule has 2 aliphatic heterocycles. The minimum absolute atomic E-state index is 0.0901. The van der Waals surface area contributed by atoms with E-state index in [9.17, 15) is 4.79 Å². The minimum Gasteiger partial charge on any atom is -0.368 e. The summed E-state index contributed by atoms with van der Waals surface area (Å²) in [7, 11) is 0. The average Bonchev–Trinajstić information content (AvgIpc) is 2.63. The summed E-state index contributed by atoms with van der Waals surface area (Å²) in [5.74, 6) is 0.221. The molecular formula is C18H26Cl2N4O. The van der Waals surface area contributed by atoms with Crippen molar-refractivity contribution >= 4 is 34.8 Å². The van der Waals surface area contributed by atoms with Crippen LogP contribution < -0.4 is 10.2 Å². The zero-order chi connectivity index (χ0) is 18.0. The SMILES string of the molecule is CC(C)N1CCNC(C(=O)N2CCN(c3ccc(Cl)c(Cl)c3)CC2)C1. The normalized spacial score (nSPS) is 22.5. The molecule has 138 valence electrons. The van der Waals surface area contributed by atoms with Crippen LogP contribution in [0.4, 0.5) is 5.69 Å². The van der Waals surface area contributed by atoms with Crippen molar-refractivity contribution in [2.45, 2.75) is 25.9 Å². The van der Waals surface area contributed by atoms with Crippen molar-refractivity contribution in [2.24, 2.45) is 0 Å². The lowest BCUT2D eigenvalue weighted by molar-refractivity contribution is -0.135. The van der Waals surface area contributed by atoms with Gasteiger partial charge in [-0.2, -0.15) is 0 Å². The Kier molecular flexibility index (Phi) is 6.10. The molecule has 25 heavy (non-hydrogen) atoms. The predicted molar refractivity (Wildman–Crippen MR) is 104 cm³/mol. The number of nitrogens with one attached hydrogen (secondary N) is 1. The van der Waals surface area contributed by atoms with Gasteiger partial charge >= 0.3 is 0 Å². The van der Waals surface area contributed by atoms with Gasteiger partial charge in [-0.3, -0.25) is 9.69 Å². The molecule has 7 heteroatoms. The molecule has 1 N–H and O–H groups in total. The summed E-state index contributed by atoms with van der Waals surface area (Å²) in [6.07, 6.45) is 0. The van der Waals surface area contributed by atoms with Crippen molar-refractivity contribution in [3.8, 4) is 0 Å². The van der Waals surface area contributed by atoms with E-state index in [4.69, 9.17) is 23.2 Å². The molecule has 2 heterocycles. The number of amides is 1. The second-order valence-electron chi connectivity index (χ2n) is 7.01. The first-order valence-corrected chi connectivity index (χ1v) is 9.67. The van der Waals surface area contributed by atoms with Crippen LogP contribution in [0.25, 0.3) is 0 Å². The lowest BCUT2D eigenvalue weighted by atomic mass is 10.1. The van der Waals surface area contributed by atoms with Gasteiger partial charge in [-0.05, 0) is 32.0 Å². The third kappa shape index (κ3) is 4.40. The Bertz CT molecular complexity index is 617. The van der Waals surface area contributed by atoms with Gasteiger partial charge in [0.05, 0.1) is 16.1 Å². The molecule has 0 radical (unpaired) electrons. The first kappa shape index (κ1) is 18.8. The topological polar surface area (TPSA) is 38.8 Å². The Labute approximate surface area is 159 Å². The van der Waals surface area contributed by atoms with Crippen molar-refractivity contribution in [1.29, 1.82) is 0 Å². The molecule has 2 aliphatic rings. The molecule has 5 nitrogen and oxygen atoms in total. The smallest absolute Gasteiger partial charge is 0.241 e. The molecular weight excluding hydrogens is 359 g/mol. The molecule has 0 spiro atoms. The number of carbonyl (C=O) groups excluding carboxylic acids is 1. The number of hydrogen-bond donors (Lipinski definition) is 1. The zero-order valence-corrected chi connectivity index (χ0v) is 16.4. The maximum atomic E-state index is 12.8. The van der Waals surface area contributed by atoms with Gasteiger partial charge < -0.3 is 15.1 Å². The highest BCUT2D eigenvalue weighted by atomic mass is 35.5. The molecule has 2 fully saturated rings. The van der Waals surface area contributed by atoms with Crippen LogP contribution in [0.2, 0.25) is 10.0 Å². The van der Waals surface area contributed by atoms with Crippen LogP contribution in [0, 0.1) is 0 Å². The highest BCUT2D eigenvalue weighted by molar-refractivity contribution is 6.42. The number of benzene rings is 1. The second-order valence-corrected chi connectivity index (χ2v) is 7.82. The summed E-state index contributed by atoms with van der Waals surface area (Å²) < 4.78 is 0. The maximum Gasteiger partial charge on any atom is 0.241 e. The van der Waals surface area contributed by atoms with E-state index in [-0.39, 0.29) is 11.9 Å². The number of rotatable bonds is 3. The summed E-state index contributed by atoms with van der Waals surface area (Å²) in [5, 5.41) is 4.51. The second kappa shape index (κ2) is 8.12. The fourth-order valence-electron chi connectivity index (χ4n) is 3.49. The van der Waals surface area contributed by atoms with Gasteiger partial charge in [0.25, 0.3) is 0 Å². The molecule has 0 aliphatic carbocycles. The molecule has 1 atom stereocenters. The number of anilines is 1. The van der Waals surface area contributed by atoms with Crippen LogP contribution in [-0.4, -0.2) is 73.6 Å². The third-order valence-corrected chi connectivity index (χ3v) is 5.83. The molecule has 2 saturated heterocycles. The summed E-state index contributed by atoms with van der Waals surface area (Å²) >= 11 is 12.1. The summed E-state index contributed by atoms with van der Waals surface area (Å²) in [6.45, 7) is 10.1. The number of hydrogen-bond acceptors (Lipinski definition) is 4. The molecule has 3 rings (SSSR count). The van der Waals surface area contributed by atoms with Crippen molar-refractivity contribution in [2.75, 3.05) is 50.7 Å². The van der Waals surface area contributed by atoms with E-state index in [1.54, 1.807) is 0 Å². The Hall–Kier alpha value is -1.01. The van der Waals surface area contributed by atoms with Gasteiger partial charge in [0.15, 0.2) is 0 Å². The maximum absolute atomic E-state index is 12.8. The summed E-state index contributed by atoms with van der Waals surface area (Å²) in [4.78, 5) is 19.4. The standard InChI is InChI=1S/C18H26Cl2N4O/c1-13(2)24-6-5-21-17(12-24)18(25)23-9-7-22(8-10-23)14-3-4-15(19)16(20)11-14/h3-4,11,13,17,21H,5-10,12H2,1-2H3. The van der Waals surface area contributed by atoms with Crippen molar-refractivity contribution in [1.82, 2.24) is 15.1 Å². The molecule has 1 amide bonds. The quantitative estimate of drug-likeness (QED) is 0.867. The summed E-state index contributed by atoms with van der Waals surface area (Å²) in [5.41, 5.74) is 1.06. The van der Waals surface area contributed by atoms with E-state index in [1.807, 2.05) is 23.1 Å². The van der Waals surface area contributed by atoms with E-state index >= 15 is 0 Å². The number of nitrogens with zero attached hydrogens (tertiary/aromatic N) is 3. The van der Waals surface area contributed by atoms with Crippen LogP contribution in [0.5, 0.6) is 0 Å². The van der Waals surface area contributed by atoms with Crippen molar-refractivity contribution < 1.29 is 4.79 Å².